The molecule has 0 N–H and O–H groups in total. The van der Waals surface area contributed by atoms with Crippen molar-refractivity contribution in [3.63, 3.8) is 0 Å². The third-order valence-corrected chi connectivity index (χ3v) is 2.74. The molecular formula is C14H12Cl2O2. The predicted molar refractivity (Wildman–Crippen MR) is 75.7 cm³/mol. The molecule has 0 radical (unpaired) electrons. The number of rotatable bonds is 2. The Morgan fingerprint density at radius 2 is 1.22 bits per heavy atom. The zero-order valence-electron chi connectivity index (χ0n) is 10.0. The Morgan fingerprint density at radius 1 is 0.833 bits per heavy atom. The molecule has 0 saturated heterocycles. The molecule has 0 aliphatic carbocycles. The zero-order valence-corrected chi connectivity index (χ0v) is 11.5. The highest BCUT2D eigenvalue weighted by Gasteiger charge is 2.13. The molecule has 0 aliphatic rings. The fourth-order valence-corrected chi connectivity index (χ4v) is 1.98. The zero-order chi connectivity index (χ0) is 13.7. The minimum Gasteiger partial charge on any atom is -0.276 e. The Labute approximate surface area is 116 Å². The molecular weight excluding hydrogens is 271 g/mol. The Bertz CT molecular complexity index is 543. The largest absolute Gasteiger partial charge is 0.276 e. The first-order valence-corrected chi connectivity index (χ1v) is 6.28. The molecule has 0 atom stereocenters. The summed E-state index contributed by atoms with van der Waals surface area (Å²) in [4.78, 5) is 22.5. The van der Waals surface area contributed by atoms with Crippen molar-refractivity contribution in [1.29, 1.82) is 0 Å². The van der Waals surface area contributed by atoms with Gasteiger partial charge in [-0.2, -0.15) is 0 Å². The van der Waals surface area contributed by atoms with E-state index in [4.69, 9.17) is 23.2 Å². The van der Waals surface area contributed by atoms with Crippen LogP contribution < -0.4 is 0 Å². The van der Waals surface area contributed by atoms with Gasteiger partial charge in [0.2, 0.25) is 0 Å². The van der Waals surface area contributed by atoms with Gasteiger partial charge in [-0.3, -0.25) is 9.59 Å². The van der Waals surface area contributed by atoms with Crippen molar-refractivity contribution in [3.05, 3.63) is 47.5 Å². The van der Waals surface area contributed by atoms with Crippen molar-refractivity contribution in [1.82, 2.24) is 0 Å². The maximum Gasteiger partial charge on any atom is 0.253 e. The second-order valence-corrected chi connectivity index (χ2v) is 3.94. The van der Waals surface area contributed by atoms with Crippen molar-refractivity contribution in [2.45, 2.75) is 13.8 Å². The van der Waals surface area contributed by atoms with Gasteiger partial charge in [0.05, 0.1) is 0 Å². The van der Waals surface area contributed by atoms with E-state index in [1.54, 1.807) is 36.4 Å². The monoisotopic (exact) mass is 282 g/mol. The minimum absolute atomic E-state index is 0.295. The topological polar surface area (TPSA) is 34.1 Å². The van der Waals surface area contributed by atoms with Crippen LogP contribution in [0.25, 0.3) is 10.8 Å². The number of carbonyl (C=O) groups is 2. The van der Waals surface area contributed by atoms with Gasteiger partial charge < -0.3 is 0 Å². The molecule has 18 heavy (non-hydrogen) atoms. The molecule has 0 aliphatic heterocycles. The van der Waals surface area contributed by atoms with E-state index in [9.17, 15) is 9.59 Å². The Hall–Kier alpha value is -1.38. The van der Waals surface area contributed by atoms with Gasteiger partial charge in [0.1, 0.15) is 0 Å². The molecule has 0 spiro atoms. The van der Waals surface area contributed by atoms with E-state index in [2.05, 4.69) is 0 Å². The number of carbonyl (C=O) groups excluding carboxylic acids is 2. The average Bonchev–Trinajstić information content (AvgIpc) is 2.39. The third-order valence-electron chi connectivity index (χ3n) is 2.33. The van der Waals surface area contributed by atoms with Crippen molar-refractivity contribution in [3.8, 4) is 0 Å². The summed E-state index contributed by atoms with van der Waals surface area (Å²) in [5, 5.41) is 0.0648. The molecule has 2 aromatic rings. The van der Waals surface area contributed by atoms with E-state index < -0.39 is 10.5 Å². The summed E-state index contributed by atoms with van der Waals surface area (Å²) < 4.78 is 0. The fourth-order valence-electron chi connectivity index (χ4n) is 1.67. The molecule has 2 aromatic carbocycles. The highest BCUT2D eigenvalue weighted by molar-refractivity contribution is 6.70. The van der Waals surface area contributed by atoms with Crippen LogP contribution in [0, 0.1) is 0 Å². The van der Waals surface area contributed by atoms with Gasteiger partial charge >= 0.3 is 0 Å². The molecule has 0 heterocycles. The lowest BCUT2D eigenvalue weighted by Crippen LogP contribution is -1.97. The fraction of sp³-hybridized carbons (Fsp3) is 0.143. The Morgan fingerprint density at radius 3 is 1.56 bits per heavy atom. The summed E-state index contributed by atoms with van der Waals surface area (Å²) in [7, 11) is 0. The van der Waals surface area contributed by atoms with Crippen LogP contribution in [-0.2, 0) is 0 Å². The van der Waals surface area contributed by atoms with Crippen LogP contribution in [-0.4, -0.2) is 10.5 Å². The molecule has 0 fully saturated rings. The van der Waals surface area contributed by atoms with Gasteiger partial charge in [0, 0.05) is 16.5 Å². The molecule has 0 bridgehead atoms. The van der Waals surface area contributed by atoms with Gasteiger partial charge in [0.25, 0.3) is 10.5 Å². The molecule has 94 valence electrons. The van der Waals surface area contributed by atoms with Gasteiger partial charge in [-0.15, -0.1) is 0 Å². The summed E-state index contributed by atoms with van der Waals surface area (Å²) in [5.41, 5.74) is 0.590. The lowest BCUT2D eigenvalue weighted by molar-refractivity contribution is 0.107. The maximum absolute atomic E-state index is 11.2. The van der Waals surface area contributed by atoms with Gasteiger partial charge in [0.15, 0.2) is 0 Å². The van der Waals surface area contributed by atoms with E-state index in [1.165, 1.54) is 0 Å². The van der Waals surface area contributed by atoms with Crippen LogP contribution in [0.5, 0.6) is 0 Å². The van der Waals surface area contributed by atoms with Crippen LogP contribution in [0.4, 0.5) is 0 Å². The maximum atomic E-state index is 11.2. The van der Waals surface area contributed by atoms with Crippen LogP contribution in [0.3, 0.4) is 0 Å². The summed E-state index contributed by atoms with van der Waals surface area (Å²) >= 11 is 10.9. The normalized spacial score (nSPS) is 9.56. The molecule has 0 saturated carbocycles. The standard InChI is InChI=1S/C12H6Cl2O2.C2H6/c13-11(15)8-5-1-3-7-4-2-6-9(10(7)8)12(14)16;1-2/h1-6H;1-2H3. The highest BCUT2D eigenvalue weighted by atomic mass is 35.5. The van der Waals surface area contributed by atoms with Crippen molar-refractivity contribution >= 4 is 44.5 Å². The van der Waals surface area contributed by atoms with E-state index in [0.29, 0.717) is 16.5 Å². The van der Waals surface area contributed by atoms with Gasteiger partial charge in [-0.05, 0) is 40.7 Å². The van der Waals surface area contributed by atoms with E-state index >= 15 is 0 Å². The van der Waals surface area contributed by atoms with Crippen molar-refractivity contribution < 1.29 is 9.59 Å². The van der Waals surface area contributed by atoms with Crippen molar-refractivity contribution in [2.24, 2.45) is 0 Å². The third kappa shape index (κ3) is 2.89. The molecule has 0 aromatic heterocycles. The first kappa shape index (κ1) is 14.7. The molecule has 2 nitrogen and oxygen atoms in total. The summed E-state index contributed by atoms with van der Waals surface area (Å²) in [6.45, 7) is 4.00. The second kappa shape index (κ2) is 6.53. The molecule has 0 unspecified atom stereocenters. The number of halogens is 2. The Balaban J connectivity index is 0.000000771. The van der Waals surface area contributed by atoms with Crippen molar-refractivity contribution in [2.75, 3.05) is 0 Å². The van der Waals surface area contributed by atoms with Gasteiger partial charge in [-0.1, -0.05) is 38.1 Å². The number of hydrogen-bond donors (Lipinski definition) is 0. The van der Waals surface area contributed by atoms with E-state index in [0.717, 1.165) is 5.39 Å². The SMILES string of the molecule is CC.O=C(Cl)c1cccc2cccc(C(=O)Cl)c12. The predicted octanol–water partition coefficient (Wildman–Crippen LogP) is 4.62. The van der Waals surface area contributed by atoms with E-state index in [1.807, 2.05) is 13.8 Å². The smallest absolute Gasteiger partial charge is 0.253 e. The van der Waals surface area contributed by atoms with Crippen LogP contribution in [0.2, 0.25) is 0 Å². The first-order chi connectivity index (χ1) is 8.61. The number of fused-ring (bicyclic) bond motifs is 1. The summed E-state index contributed by atoms with van der Waals surface area (Å²) in [5.74, 6) is 0. The highest BCUT2D eigenvalue weighted by Crippen LogP contribution is 2.25. The average molecular weight is 283 g/mol. The molecule has 4 heteroatoms. The van der Waals surface area contributed by atoms with E-state index in [-0.39, 0.29) is 0 Å². The number of hydrogen-bond acceptors (Lipinski definition) is 2. The summed E-state index contributed by atoms with van der Waals surface area (Å²) in [6.07, 6.45) is 0. The Kier molecular flexibility index (Phi) is 5.32. The second-order valence-electron chi connectivity index (χ2n) is 3.26. The van der Waals surface area contributed by atoms with Crippen LogP contribution in [0.15, 0.2) is 36.4 Å². The minimum atomic E-state index is -0.601. The summed E-state index contributed by atoms with van der Waals surface area (Å²) in [6, 6.07) is 10.1. The molecule has 2 rings (SSSR count). The van der Waals surface area contributed by atoms with Crippen LogP contribution in [0.1, 0.15) is 34.6 Å². The molecule has 0 amide bonds. The first-order valence-electron chi connectivity index (χ1n) is 5.52. The lowest BCUT2D eigenvalue weighted by atomic mass is 10.0. The van der Waals surface area contributed by atoms with Gasteiger partial charge in [-0.25, -0.2) is 0 Å². The van der Waals surface area contributed by atoms with Crippen LogP contribution >= 0.6 is 23.2 Å². The number of benzene rings is 2. The quantitative estimate of drug-likeness (QED) is 0.753. The lowest BCUT2D eigenvalue weighted by Gasteiger charge is -2.05.